The van der Waals surface area contributed by atoms with Crippen LogP contribution in [-0.2, 0) is 16.8 Å². The molecule has 0 bridgehead atoms. The van der Waals surface area contributed by atoms with Crippen LogP contribution in [0.4, 0.5) is 5.69 Å². The van der Waals surface area contributed by atoms with Crippen molar-refractivity contribution in [2.75, 3.05) is 4.90 Å². The van der Waals surface area contributed by atoms with Gasteiger partial charge < -0.3 is 4.90 Å². The Balaban J connectivity index is 1.88. The molecule has 1 atom stereocenters. The zero-order valence-corrected chi connectivity index (χ0v) is 19.6. The third kappa shape index (κ3) is 3.43. The second-order valence-corrected chi connectivity index (χ2v) is 8.67. The maximum atomic E-state index is 13.9. The van der Waals surface area contributed by atoms with E-state index in [2.05, 4.69) is 25.4 Å². The molecule has 0 saturated carbocycles. The lowest BCUT2D eigenvalue weighted by Crippen LogP contribution is -2.40. The molecule has 0 saturated heterocycles. The van der Waals surface area contributed by atoms with E-state index >= 15 is 0 Å². The molecular weight excluding hydrogens is 418 g/mol. The summed E-state index contributed by atoms with van der Waals surface area (Å²) in [5.41, 5.74) is 4.26. The molecule has 5 heteroatoms. The zero-order valence-electron chi connectivity index (χ0n) is 18.9. The lowest BCUT2D eigenvalue weighted by Gasteiger charge is -2.27. The number of allylic oxidation sites excluding steroid dienone is 3. The number of amides is 1. The van der Waals surface area contributed by atoms with Gasteiger partial charge in [-0.1, -0.05) is 56.7 Å². The van der Waals surface area contributed by atoms with Crippen molar-refractivity contribution in [3.05, 3.63) is 83.4 Å². The lowest BCUT2D eigenvalue weighted by molar-refractivity contribution is -0.123. The van der Waals surface area contributed by atoms with E-state index in [1.54, 1.807) is 6.20 Å². The molecule has 4 nitrogen and oxygen atoms in total. The summed E-state index contributed by atoms with van der Waals surface area (Å²) < 4.78 is 0. The first-order valence-electron chi connectivity index (χ1n) is 11.1. The van der Waals surface area contributed by atoms with Gasteiger partial charge >= 0.3 is 0 Å². The summed E-state index contributed by atoms with van der Waals surface area (Å²) in [5.74, 6) is 0.134. The van der Waals surface area contributed by atoms with Crippen LogP contribution in [0.1, 0.15) is 56.9 Å². The monoisotopic (exact) mass is 445 g/mol. The summed E-state index contributed by atoms with van der Waals surface area (Å²) in [6.07, 6.45) is 11.8. The van der Waals surface area contributed by atoms with Gasteiger partial charge in [-0.3, -0.25) is 14.8 Å². The molecule has 32 heavy (non-hydrogen) atoms. The van der Waals surface area contributed by atoms with Crippen LogP contribution in [0.5, 0.6) is 0 Å². The minimum absolute atomic E-state index is 0.134. The minimum atomic E-state index is -0.501. The van der Waals surface area contributed by atoms with Crippen LogP contribution in [0.15, 0.2) is 61.6 Å². The molecule has 1 aromatic carbocycles. The van der Waals surface area contributed by atoms with Gasteiger partial charge in [0.1, 0.15) is 0 Å². The third-order valence-electron chi connectivity index (χ3n) is 6.60. The third-order valence-corrected chi connectivity index (χ3v) is 6.83. The molecule has 0 N–H and O–H groups in total. The van der Waals surface area contributed by atoms with Gasteiger partial charge in [-0.05, 0) is 54.5 Å². The summed E-state index contributed by atoms with van der Waals surface area (Å²) in [4.78, 5) is 24.9. The molecule has 0 radical (unpaired) electrons. The number of aromatic nitrogens is 2. The van der Waals surface area contributed by atoms with E-state index in [1.807, 2.05) is 60.6 Å². The van der Waals surface area contributed by atoms with Crippen molar-refractivity contribution in [1.82, 2.24) is 9.97 Å². The van der Waals surface area contributed by atoms with Crippen molar-refractivity contribution < 1.29 is 4.79 Å². The van der Waals surface area contributed by atoms with Crippen molar-refractivity contribution in [2.45, 2.75) is 52.0 Å². The number of carbonyl (C=O) groups excluding carboxylic acids is 1. The van der Waals surface area contributed by atoms with Crippen molar-refractivity contribution in [1.29, 1.82) is 0 Å². The fraction of sp³-hybridized carbons (Fsp3) is 0.296. The van der Waals surface area contributed by atoms with Crippen LogP contribution in [0, 0.1) is 0 Å². The molecule has 1 aliphatic heterocycles. The average Bonchev–Trinajstić information content (AvgIpc) is 3.04. The molecule has 3 heterocycles. The van der Waals surface area contributed by atoms with Gasteiger partial charge in [0.15, 0.2) is 0 Å². The van der Waals surface area contributed by atoms with Crippen LogP contribution >= 0.6 is 11.6 Å². The predicted molar refractivity (Wildman–Crippen MR) is 133 cm³/mol. The average molecular weight is 446 g/mol. The molecule has 2 aromatic heterocycles. The topological polar surface area (TPSA) is 46.1 Å². The van der Waals surface area contributed by atoms with Crippen LogP contribution in [-0.4, -0.2) is 15.9 Å². The number of fused-ring (bicyclic) bond motifs is 2. The Kier molecular flexibility index (Phi) is 6.16. The van der Waals surface area contributed by atoms with E-state index in [9.17, 15) is 4.79 Å². The van der Waals surface area contributed by atoms with Crippen molar-refractivity contribution >= 4 is 39.5 Å². The van der Waals surface area contributed by atoms with Crippen molar-refractivity contribution in [3.8, 4) is 0 Å². The second kappa shape index (κ2) is 8.87. The summed E-state index contributed by atoms with van der Waals surface area (Å²) in [6, 6.07) is 7.82. The quantitative estimate of drug-likeness (QED) is 0.373. The molecule has 0 aliphatic carbocycles. The Morgan fingerprint density at radius 2 is 2.06 bits per heavy atom. The van der Waals surface area contributed by atoms with E-state index in [0.717, 1.165) is 58.1 Å². The highest BCUT2D eigenvalue weighted by Crippen LogP contribution is 2.47. The Morgan fingerprint density at radius 1 is 1.25 bits per heavy atom. The van der Waals surface area contributed by atoms with Gasteiger partial charge in [0.25, 0.3) is 0 Å². The summed E-state index contributed by atoms with van der Waals surface area (Å²) in [5, 5.41) is 2.67. The van der Waals surface area contributed by atoms with E-state index in [1.165, 1.54) is 0 Å². The SMILES string of the molecule is C=C/C(=C\C)c1c(CN2C(=O)C(CC)(CCC)c3ccncc32)ncc2cc(Cl)ccc12. The smallest absolute Gasteiger partial charge is 0.238 e. The van der Waals surface area contributed by atoms with Gasteiger partial charge in [0, 0.05) is 28.4 Å². The number of hydrogen-bond acceptors (Lipinski definition) is 3. The van der Waals surface area contributed by atoms with E-state index in [0.29, 0.717) is 11.6 Å². The second-order valence-electron chi connectivity index (χ2n) is 8.23. The maximum absolute atomic E-state index is 13.9. The molecule has 0 fully saturated rings. The summed E-state index contributed by atoms with van der Waals surface area (Å²) in [6.45, 7) is 10.6. The highest BCUT2D eigenvalue weighted by molar-refractivity contribution is 6.31. The molecular formula is C27H28ClN3O. The number of nitrogens with zero attached hydrogens (tertiary/aromatic N) is 3. The number of hydrogen-bond donors (Lipinski definition) is 0. The van der Waals surface area contributed by atoms with Crippen LogP contribution in [0.25, 0.3) is 16.3 Å². The minimum Gasteiger partial charge on any atom is -0.304 e. The molecule has 1 aliphatic rings. The molecule has 0 spiro atoms. The fourth-order valence-electron chi connectivity index (χ4n) is 5.02. The highest BCUT2D eigenvalue weighted by atomic mass is 35.5. The Labute approximate surface area is 194 Å². The fourth-order valence-corrected chi connectivity index (χ4v) is 5.20. The summed E-state index contributed by atoms with van der Waals surface area (Å²) in [7, 11) is 0. The molecule has 3 aromatic rings. The van der Waals surface area contributed by atoms with Gasteiger partial charge in [-0.25, -0.2) is 0 Å². The van der Waals surface area contributed by atoms with E-state index in [-0.39, 0.29) is 5.91 Å². The number of rotatable bonds is 7. The lowest BCUT2D eigenvalue weighted by atomic mass is 9.76. The first kappa shape index (κ1) is 22.2. The van der Waals surface area contributed by atoms with Crippen molar-refractivity contribution in [3.63, 3.8) is 0 Å². The number of pyridine rings is 2. The first-order valence-corrected chi connectivity index (χ1v) is 11.5. The number of halogens is 1. The van der Waals surface area contributed by atoms with Gasteiger partial charge in [-0.2, -0.15) is 0 Å². The Hall–Kier alpha value is -2.98. The maximum Gasteiger partial charge on any atom is 0.238 e. The van der Waals surface area contributed by atoms with Crippen LogP contribution in [0.2, 0.25) is 5.02 Å². The Morgan fingerprint density at radius 3 is 2.75 bits per heavy atom. The molecule has 164 valence electrons. The first-order chi connectivity index (χ1) is 15.5. The molecule has 1 unspecified atom stereocenters. The van der Waals surface area contributed by atoms with Crippen molar-refractivity contribution in [2.24, 2.45) is 0 Å². The molecule has 1 amide bonds. The number of carbonyl (C=O) groups is 1. The number of benzene rings is 1. The van der Waals surface area contributed by atoms with Gasteiger partial charge in [-0.15, -0.1) is 0 Å². The van der Waals surface area contributed by atoms with Gasteiger partial charge in [0.05, 0.1) is 29.5 Å². The Bertz CT molecular complexity index is 1230. The van der Waals surface area contributed by atoms with E-state index in [4.69, 9.17) is 16.6 Å². The zero-order chi connectivity index (χ0) is 22.9. The van der Waals surface area contributed by atoms with Crippen LogP contribution in [0.3, 0.4) is 0 Å². The van der Waals surface area contributed by atoms with E-state index < -0.39 is 5.41 Å². The summed E-state index contributed by atoms with van der Waals surface area (Å²) >= 11 is 6.23. The van der Waals surface area contributed by atoms with Crippen LogP contribution < -0.4 is 4.90 Å². The van der Waals surface area contributed by atoms with Gasteiger partial charge in [0.2, 0.25) is 5.91 Å². The number of anilines is 1. The largest absolute Gasteiger partial charge is 0.304 e. The molecule has 4 rings (SSSR count). The normalized spacial score (nSPS) is 18.3. The predicted octanol–water partition coefficient (Wildman–Crippen LogP) is 6.87. The highest BCUT2D eigenvalue weighted by Gasteiger charge is 2.49. The standard InChI is InChI=1S/C27H28ClN3O/c1-5-12-27(8-4)22-11-13-29-16-24(22)31(26(27)32)17-23-25(18(6-2)7-3)21-10-9-20(28)14-19(21)15-30-23/h6-7,9-11,13-16H,2,5,8,12,17H2,1,3-4H3/b18-7+.